The third kappa shape index (κ3) is 3.11. The molecule has 2 atom stereocenters. The molecule has 1 fully saturated rings. The standard InChI is InChI=1S/C20H18ClN3S2/c1-12-6-7-14(11-13(12)2)24-19(16-8-9-17(21)26-16)18(23-20(24)25)15-5-3-4-10-22-15/h3-11,18-19H,1-2H3,(H,23,25)/t18-,19+/m0/s1. The number of aryl methyl sites for hydroxylation is 2. The smallest absolute Gasteiger partial charge is 0.174 e. The zero-order valence-electron chi connectivity index (χ0n) is 14.4. The summed E-state index contributed by atoms with van der Waals surface area (Å²) >= 11 is 13.5. The molecule has 3 aromatic rings. The lowest BCUT2D eigenvalue weighted by Gasteiger charge is -2.27. The summed E-state index contributed by atoms with van der Waals surface area (Å²) in [5, 5.41) is 4.18. The van der Waals surface area contributed by atoms with E-state index in [9.17, 15) is 0 Å². The SMILES string of the molecule is Cc1ccc(N2C(=S)N[C@@H](c3ccccn3)[C@H]2c2ccc(Cl)s2)cc1C. The largest absolute Gasteiger partial charge is 0.351 e. The molecule has 0 unspecified atom stereocenters. The van der Waals surface area contributed by atoms with Crippen molar-refractivity contribution in [1.82, 2.24) is 10.3 Å². The number of rotatable bonds is 3. The third-order valence-electron chi connectivity index (χ3n) is 4.75. The molecule has 4 rings (SSSR count). The number of anilines is 1. The molecular formula is C20H18ClN3S2. The highest BCUT2D eigenvalue weighted by molar-refractivity contribution is 7.80. The number of hydrogen-bond donors (Lipinski definition) is 1. The van der Waals surface area contributed by atoms with Gasteiger partial charge >= 0.3 is 0 Å². The Labute approximate surface area is 167 Å². The van der Waals surface area contributed by atoms with Crippen molar-refractivity contribution < 1.29 is 0 Å². The summed E-state index contributed by atoms with van der Waals surface area (Å²) in [6.45, 7) is 4.24. The Hall–Kier alpha value is -1.95. The minimum Gasteiger partial charge on any atom is -0.351 e. The summed E-state index contributed by atoms with van der Waals surface area (Å²) in [6, 6.07) is 16.4. The van der Waals surface area contributed by atoms with E-state index in [1.165, 1.54) is 11.1 Å². The van der Waals surface area contributed by atoms with Crippen LogP contribution in [0.1, 0.15) is 33.8 Å². The first-order valence-electron chi connectivity index (χ1n) is 8.38. The minimum atomic E-state index is -0.0278. The Morgan fingerprint density at radius 1 is 1.12 bits per heavy atom. The lowest BCUT2D eigenvalue weighted by Crippen LogP contribution is -2.29. The quantitative estimate of drug-likeness (QED) is 0.581. The number of benzene rings is 1. The van der Waals surface area contributed by atoms with E-state index in [1.54, 1.807) is 11.3 Å². The third-order valence-corrected chi connectivity index (χ3v) is 6.37. The van der Waals surface area contributed by atoms with Crippen LogP contribution in [0.4, 0.5) is 5.69 Å². The maximum Gasteiger partial charge on any atom is 0.174 e. The van der Waals surface area contributed by atoms with Gasteiger partial charge < -0.3 is 10.2 Å². The van der Waals surface area contributed by atoms with Crippen LogP contribution >= 0.6 is 35.2 Å². The van der Waals surface area contributed by atoms with Crippen LogP contribution in [0.15, 0.2) is 54.7 Å². The Kier molecular flexibility index (Phi) is 4.69. The van der Waals surface area contributed by atoms with Gasteiger partial charge in [-0.3, -0.25) is 4.98 Å². The highest BCUT2D eigenvalue weighted by Gasteiger charge is 2.41. The summed E-state index contributed by atoms with van der Waals surface area (Å²) in [5.74, 6) is 0. The van der Waals surface area contributed by atoms with Crippen LogP contribution in [0.2, 0.25) is 4.34 Å². The first kappa shape index (κ1) is 17.5. The number of thiophene rings is 1. The van der Waals surface area contributed by atoms with E-state index in [2.05, 4.69) is 53.3 Å². The molecule has 1 aromatic carbocycles. The normalized spacial score (nSPS) is 19.7. The van der Waals surface area contributed by atoms with E-state index < -0.39 is 0 Å². The summed E-state index contributed by atoms with van der Waals surface area (Å²) in [7, 11) is 0. The van der Waals surface area contributed by atoms with E-state index in [-0.39, 0.29) is 12.1 Å². The lowest BCUT2D eigenvalue weighted by atomic mass is 10.0. The van der Waals surface area contributed by atoms with Crippen molar-refractivity contribution in [3.05, 3.63) is 80.8 Å². The monoisotopic (exact) mass is 399 g/mol. The van der Waals surface area contributed by atoms with E-state index in [4.69, 9.17) is 23.8 Å². The van der Waals surface area contributed by atoms with Crippen LogP contribution in [-0.4, -0.2) is 10.1 Å². The highest BCUT2D eigenvalue weighted by Crippen LogP contribution is 2.44. The number of halogens is 1. The Morgan fingerprint density at radius 3 is 2.62 bits per heavy atom. The lowest BCUT2D eigenvalue weighted by molar-refractivity contribution is 0.575. The van der Waals surface area contributed by atoms with Gasteiger partial charge in [0.05, 0.1) is 22.1 Å². The van der Waals surface area contributed by atoms with E-state index in [0.717, 1.165) is 20.6 Å². The molecule has 1 aliphatic heterocycles. The summed E-state index contributed by atoms with van der Waals surface area (Å²) in [4.78, 5) is 7.91. The molecule has 0 spiro atoms. The number of hydrogen-bond acceptors (Lipinski definition) is 3. The summed E-state index contributed by atoms with van der Waals surface area (Å²) < 4.78 is 0.776. The van der Waals surface area contributed by atoms with Crippen molar-refractivity contribution in [2.45, 2.75) is 25.9 Å². The molecule has 1 aliphatic rings. The van der Waals surface area contributed by atoms with E-state index >= 15 is 0 Å². The van der Waals surface area contributed by atoms with Gasteiger partial charge in [0.2, 0.25) is 0 Å². The van der Waals surface area contributed by atoms with Gasteiger partial charge in [-0.05, 0) is 73.6 Å². The fourth-order valence-corrected chi connectivity index (χ4v) is 4.82. The molecule has 0 bridgehead atoms. The van der Waals surface area contributed by atoms with Crippen molar-refractivity contribution in [3.63, 3.8) is 0 Å². The maximum atomic E-state index is 6.24. The molecule has 0 radical (unpaired) electrons. The molecule has 0 aliphatic carbocycles. The molecule has 3 nitrogen and oxygen atoms in total. The average Bonchev–Trinajstić information content (AvgIpc) is 3.21. The van der Waals surface area contributed by atoms with Crippen LogP contribution < -0.4 is 10.2 Å². The van der Waals surface area contributed by atoms with Gasteiger partial charge in [-0.15, -0.1) is 11.3 Å². The Morgan fingerprint density at radius 2 is 1.96 bits per heavy atom. The van der Waals surface area contributed by atoms with Crippen molar-refractivity contribution in [1.29, 1.82) is 0 Å². The van der Waals surface area contributed by atoms with Crippen molar-refractivity contribution in [2.75, 3.05) is 4.90 Å². The molecule has 2 aromatic heterocycles. The van der Waals surface area contributed by atoms with Gasteiger partial charge in [0.15, 0.2) is 5.11 Å². The molecule has 26 heavy (non-hydrogen) atoms. The topological polar surface area (TPSA) is 28.2 Å². The number of thiocarbonyl (C=S) groups is 1. The molecular weight excluding hydrogens is 382 g/mol. The van der Waals surface area contributed by atoms with Crippen LogP contribution in [0, 0.1) is 13.8 Å². The predicted molar refractivity (Wildman–Crippen MR) is 113 cm³/mol. The maximum absolute atomic E-state index is 6.24. The number of nitrogens with zero attached hydrogens (tertiary/aromatic N) is 2. The van der Waals surface area contributed by atoms with Gasteiger partial charge in [0.1, 0.15) is 0 Å². The number of aromatic nitrogens is 1. The molecule has 1 N–H and O–H groups in total. The van der Waals surface area contributed by atoms with E-state index in [1.807, 2.05) is 30.5 Å². The predicted octanol–water partition coefficient (Wildman–Crippen LogP) is 5.59. The van der Waals surface area contributed by atoms with Crippen LogP contribution in [0.3, 0.4) is 0 Å². The summed E-state index contributed by atoms with van der Waals surface area (Å²) in [5.41, 5.74) is 4.56. The van der Waals surface area contributed by atoms with E-state index in [0.29, 0.717) is 5.11 Å². The molecule has 3 heterocycles. The number of nitrogens with one attached hydrogen (secondary N) is 1. The van der Waals surface area contributed by atoms with Gasteiger partial charge in [0.25, 0.3) is 0 Å². The second-order valence-electron chi connectivity index (χ2n) is 6.41. The van der Waals surface area contributed by atoms with Gasteiger partial charge in [-0.2, -0.15) is 0 Å². The molecule has 0 amide bonds. The van der Waals surface area contributed by atoms with Gasteiger partial charge in [0, 0.05) is 16.8 Å². The fourth-order valence-electron chi connectivity index (χ4n) is 3.28. The van der Waals surface area contributed by atoms with Crippen LogP contribution in [0.25, 0.3) is 0 Å². The highest BCUT2D eigenvalue weighted by atomic mass is 35.5. The molecule has 132 valence electrons. The zero-order chi connectivity index (χ0) is 18.3. The van der Waals surface area contributed by atoms with Gasteiger partial charge in [-0.25, -0.2) is 0 Å². The second kappa shape index (κ2) is 6.99. The Bertz CT molecular complexity index is 955. The zero-order valence-corrected chi connectivity index (χ0v) is 16.8. The Balaban J connectivity index is 1.83. The fraction of sp³-hybridized carbons (Fsp3) is 0.200. The molecule has 1 saturated heterocycles. The van der Waals surface area contributed by atoms with Crippen molar-refractivity contribution in [3.8, 4) is 0 Å². The molecule has 6 heteroatoms. The van der Waals surface area contributed by atoms with Crippen molar-refractivity contribution in [2.24, 2.45) is 0 Å². The average molecular weight is 400 g/mol. The summed E-state index contributed by atoms with van der Waals surface area (Å²) in [6.07, 6.45) is 1.82. The van der Waals surface area contributed by atoms with Crippen LogP contribution in [0.5, 0.6) is 0 Å². The van der Waals surface area contributed by atoms with Crippen LogP contribution in [-0.2, 0) is 0 Å². The first-order chi connectivity index (χ1) is 12.5. The second-order valence-corrected chi connectivity index (χ2v) is 8.54. The number of pyridine rings is 1. The molecule has 0 saturated carbocycles. The van der Waals surface area contributed by atoms with Crippen molar-refractivity contribution >= 4 is 46.0 Å². The van der Waals surface area contributed by atoms with Gasteiger partial charge in [-0.1, -0.05) is 23.7 Å². The first-order valence-corrected chi connectivity index (χ1v) is 9.98. The minimum absolute atomic E-state index is 0.0111.